The molecule has 10 heteroatoms. The lowest BCUT2D eigenvalue weighted by molar-refractivity contribution is -0.131. The quantitative estimate of drug-likeness (QED) is 0.578. The van der Waals surface area contributed by atoms with E-state index in [1.807, 2.05) is 4.90 Å². The van der Waals surface area contributed by atoms with Crippen LogP contribution in [0.25, 0.3) is 0 Å². The van der Waals surface area contributed by atoms with Crippen molar-refractivity contribution in [2.45, 2.75) is 0 Å². The van der Waals surface area contributed by atoms with E-state index in [4.69, 9.17) is 4.74 Å². The number of allylic oxidation sites excluding steroid dienone is 2. The molecule has 1 saturated heterocycles. The van der Waals surface area contributed by atoms with Gasteiger partial charge < -0.3 is 19.9 Å². The fraction of sp³-hybridized carbons (Fsp3) is 0.333. The van der Waals surface area contributed by atoms with E-state index in [2.05, 4.69) is 5.32 Å². The molecule has 4 rings (SSSR count). The van der Waals surface area contributed by atoms with E-state index in [1.54, 1.807) is 36.2 Å². The number of Topliss-reactive ketones (excluding diaryl/α,β-unsaturated/α-hetero) is 2. The first-order chi connectivity index (χ1) is 17.8. The predicted molar refractivity (Wildman–Crippen MR) is 134 cm³/mol. The van der Waals surface area contributed by atoms with Gasteiger partial charge in [-0.25, -0.2) is 4.39 Å². The van der Waals surface area contributed by atoms with Gasteiger partial charge in [-0.1, -0.05) is 24.3 Å². The number of hydrogen-bond acceptors (Lipinski definition) is 7. The Labute approximate surface area is 214 Å². The highest BCUT2D eigenvalue weighted by Crippen LogP contribution is 2.27. The van der Waals surface area contributed by atoms with E-state index in [1.165, 1.54) is 36.3 Å². The zero-order valence-corrected chi connectivity index (χ0v) is 20.8. The van der Waals surface area contributed by atoms with Gasteiger partial charge in [0.15, 0.2) is 0 Å². The SMILES string of the molecule is CNC1=C(N(CCOC)C(=O)CN2CCN(C(=O)c3ccc(F)cc3)CC2)C(=O)c2ccccc2C1=O. The van der Waals surface area contributed by atoms with Crippen molar-refractivity contribution >= 4 is 23.4 Å². The molecule has 9 nitrogen and oxygen atoms in total. The molecule has 2 aromatic carbocycles. The summed E-state index contributed by atoms with van der Waals surface area (Å²) < 4.78 is 18.4. The molecule has 0 aromatic heterocycles. The Balaban J connectivity index is 1.48. The average Bonchev–Trinajstić information content (AvgIpc) is 2.92. The molecule has 1 fully saturated rings. The van der Waals surface area contributed by atoms with Crippen LogP contribution in [0.2, 0.25) is 0 Å². The van der Waals surface area contributed by atoms with Crippen LogP contribution in [-0.2, 0) is 9.53 Å². The minimum Gasteiger partial charge on any atom is -0.383 e. The molecule has 2 aliphatic rings. The molecule has 1 N–H and O–H groups in total. The second kappa shape index (κ2) is 11.4. The van der Waals surface area contributed by atoms with Gasteiger partial charge in [0.1, 0.15) is 17.2 Å². The molecule has 1 heterocycles. The first-order valence-corrected chi connectivity index (χ1v) is 12.0. The first-order valence-electron chi connectivity index (χ1n) is 12.0. The van der Waals surface area contributed by atoms with Crippen LogP contribution in [-0.4, -0.2) is 98.1 Å². The molecular formula is C27H29FN4O5. The number of carbonyl (C=O) groups excluding carboxylic acids is 4. The fourth-order valence-corrected chi connectivity index (χ4v) is 4.56. The van der Waals surface area contributed by atoms with Crippen molar-refractivity contribution in [1.29, 1.82) is 0 Å². The van der Waals surface area contributed by atoms with Crippen LogP contribution < -0.4 is 5.32 Å². The molecular weight excluding hydrogens is 479 g/mol. The topological polar surface area (TPSA) is 99.3 Å². The lowest BCUT2D eigenvalue weighted by Crippen LogP contribution is -2.52. The normalized spacial score (nSPS) is 16.0. The number of amides is 2. The summed E-state index contributed by atoms with van der Waals surface area (Å²) in [6, 6.07) is 12.0. The molecule has 0 unspecified atom stereocenters. The minimum atomic E-state index is -0.406. The van der Waals surface area contributed by atoms with E-state index in [0.717, 1.165) is 0 Å². The van der Waals surface area contributed by atoms with E-state index in [-0.39, 0.29) is 54.3 Å². The van der Waals surface area contributed by atoms with E-state index in [0.29, 0.717) is 37.3 Å². The molecule has 2 aromatic rings. The van der Waals surface area contributed by atoms with Crippen LogP contribution in [0.15, 0.2) is 59.9 Å². The van der Waals surface area contributed by atoms with Crippen molar-refractivity contribution in [3.8, 4) is 0 Å². The molecule has 0 spiro atoms. The summed E-state index contributed by atoms with van der Waals surface area (Å²) in [7, 11) is 3.04. The van der Waals surface area contributed by atoms with Gasteiger partial charge in [-0.2, -0.15) is 0 Å². The Morgan fingerprint density at radius 3 is 2.19 bits per heavy atom. The molecule has 0 radical (unpaired) electrons. The van der Waals surface area contributed by atoms with Gasteiger partial charge in [-0.15, -0.1) is 0 Å². The summed E-state index contributed by atoms with van der Waals surface area (Å²) >= 11 is 0. The lowest BCUT2D eigenvalue weighted by Gasteiger charge is -2.36. The zero-order valence-electron chi connectivity index (χ0n) is 20.8. The van der Waals surface area contributed by atoms with Crippen LogP contribution in [0.3, 0.4) is 0 Å². The Bertz CT molecular complexity index is 1240. The number of rotatable bonds is 8. The highest BCUT2D eigenvalue weighted by molar-refractivity contribution is 6.27. The fourth-order valence-electron chi connectivity index (χ4n) is 4.56. The maximum atomic E-state index is 13.5. The van der Waals surface area contributed by atoms with Crippen LogP contribution in [0.4, 0.5) is 4.39 Å². The number of likely N-dealkylation sites (N-methyl/N-ethyl adjacent to an activating group) is 1. The third-order valence-electron chi connectivity index (χ3n) is 6.54. The number of benzene rings is 2. The summed E-state index contributed by atoms with van der Waals surface area (Å²) in [6.45, 7) is 1.98. The third-order valence-corrected chi connectivity index (χ3v) is 6.54. The van der Waals surface area contributed by atoms with Gasteiger partial charge in [0.2, 0.25) is 17.5 Å². The van der Waals surface area contributed by atoms with Crippen molar-refractivity contribution < 1.29 is 28.3 Å². The average molecular weight is 509 g/mol. The number of carbonyl (C=O) groups is 4. The summed E-state index contributed by atoms with van der Waals surface area (Å²) in [5, 5.41) is 2.82. The number of methoxy groups -OCH3 is 1. The first kappa shape index (κ1) is 26.2. The Kier molecular flexibility index (Phi) is 8.10. The Morgan fingerprint density at radius 1 is 0.973 bits per heavy atom. The number of ether oxygens (including phenoxy) is 1. The number of hydrogen-bond donors (Lipinski definition) is 1. The second-order valence-corrected chi connectivity index (χ2v) is 8.79. The predicted octanol–water partition coefficient (Wildman–Crippen LogP) is 1.57. The lowest BCUT2D eigenvalue weighted by atomic mass is 9.89. The minimum absolute atomic E-state index is 0.00586. The molecule has 0 saturated carbocycles. The third kappa shape index (κ3) is 5.45. The number of piperazine rings is 1. The van der Waals surface area contributed by atoms with Crippen molar-refractivity contribution in [2.24, 2.45) is 0 Å². The van der Waals surface area contributed by atoms with Crippen LogP contribution in [0.5, 0.6) is 0 Å². The number of nitrogens with zero attached hydrogens (tertiary/aromatic N) is 3. The molecule has 2 amide bonds. The summed E-state index contributed by atoms with van der Waals surface area (Å²) in [6.07, 6.45) is 0. The number of nitrogens with one attached hydrogen (secondary N) is 1. The van der Waals surface area contributed by atoms with Crippen molar-refractivity contribution in [3.63, 3.8) is 0 Å². The molecule has 194 valence electrons. The Morgan fingerprint density at radius 2 is 1.59 bits per heavy atom. The van der Waals surface area contributed by atoms with Crippen molar-refractivity contribution in [2.75, 3.05) is 60.0 Å². The monoisotopic (exact) mass is 508 g/mol. The number of ketones is 2. The second-order valence-electron chi connectivity index (χ2n) is 8.79. The summed E-state index contributed by atoms with van der Waals surface area (Å²) in [5.41, 5.74) is 1.04. The van der Waals surface area contributed by atoms with Gasteiger partial charge in [-0.05, 0) is 24.3 Å². The van der Waals surface area contributed by atoms with Crippen LogP contribution >= 0.6 is 0 Å². The molecule has 1 aliphatic carbocycles. The van der Waals surface area contributed by atoms with Crippen LogP contribution in [0, 0.1) is 5.82 Å². The largest absolute Gasteiger partial charge is 0.383 e. The van der Waals surface area contributed by atoms with Gasteiger partial charge in [-0.3, -0.25) is 24.1 Å². The van der Waals surface area contributed by atoms with Gasteiger partial charge in [0.05, 0.1) is 13.2 Å². The Hall–Kier alpha value is -3.89. The molecule has 1 aliphatic heterocycles. The summed E-state index contributed by atoms with van der Waals surface area (Å²) in [4.78, 5) is 57.7. The maximum Gasteiger partial charge on any atom is 0.253 e. The highest BCUT2D eigenvalue weighted by atomic mass is 19.1. The number of halogens is 1. The standard InChI is InChI=1S/C27H29FN4O5/c1-29-23-24(26(35)21-6-4-3-5-20(21)25(23)34)32(15-16-37-2)22(33)17-30-11-13-31(14-12-30)27(36)18-7-9-19(28)10-8-18/h3-10,29H,11-17H2,1-2H3. The smallest absolute Gasteiger partial charge is 0.253 e. The van der Waals surface area contributed by atoms with Crippen molar-refractivity contribution in [3.05, 3.63) is 82.4 Å². The van der Waals surface area contributed by atoms with E-state index < -0.39 is 11.6 Å². The maximum absolute atomic E-state index is 13.5. The van der Waals surface area contributed by atoms with Gasteiger partial charge >= 0.3 is 0 Å². The zero-order chi connectivity index (χ0) is 26.5. The molecule has 37 heavy (non-hydrogen) atoms. The summed E-state index contributed by atoms with van der Waals surface area (Å²) in [5.74, 6) is -1.70. The molecule has 0 bridgehead atoms. The van der Waals surface area contributed by atoms with Crippen molar-refractivity contribution in [1.82, 2.24) is 20.0 Å². The van der Waals surface area contributed by atoms with Crippen LogP contribution in [0.1, 0.15) is 31.1 Å². The highest BCUT2D eigenvalue weighted by Gasteiger charge is 2.37. The number of fused-ring (bicyclic) bond motifs is 1. The van der Waals surface area contributed by atoms with E-state index in [9.17, 15) is 23.6 Å². The molecule has 0 atom stereocenters. The van der Waals surface area contributed by atoms with E-state index >= 15 is 0 Å². The van der Waals surface area contributed by atoms with Gasteiger partial charge in [0, 0.05) is 63.6 Å². The van der Waals surface area contributed by atoms with Gasteiger partial charge in [0.25, 0.3) is 5.91 Å².